The van der Waals surface area contributed by atoms with Crippen LogP contribution in [0.3, 0.4) is 0 Å². The minimum Gasteiger partial charge on any atom is -0.396 e. The van der Waals surface area contributed by atoms with E-state index in [-0.39, 0.29) is 12.0 Å². The second-order valence-electron chi connectivity index (χ2n) is 5.23. The highest BCUT2D eigenvalue weighted by Crippen LogP contribution is 2.54. The molecule has 0 amide bonds. The Kier molecular flexibility index (Phi) is 3.14. The Morgan fingerprint density at radius 3 is 2.44 bits per heavy atom. The maximum atomic E-state index is 9.49. The molecule has 1 aromatic rings. The average molecular weight is 248 g/mol. The summed E-state index contributed by atoms with van der Waals surface area (Å²) in [6, 6.07) is 10.4. The lowest BCUT2D eigenvalue weighted by atomic mass is 9.72. The van der Waals surface area contributed by atoms with E-state index in [2.05, 4.69) is 24.3 Å². The van der Waals surface area contributed by atoms with E-state index in [1.165, 1.54) is 5.56 Å². The Morgan fingerprint density at radius 2 is 1.78 bits per heavy atom. The van der Waals surface area contributed by atoms with Crippen molar-refractivity contribution >= 4 is 0 Å². The molecular formula is C15H20O3. The lowest BCUT2D eigenvalue weighted by Crippen LogP contribution is -2.49. The molecule has 1 aliphatic heterocycles. The van der Waals surface area contributed by atoms with Crippen molar-refractivity contribution in [2.45, 2.75) is 36.9 Å². The second kappa shape index (κ2) is 4.65. The topological polar surface area (TPSA) is 38.7 Å². The van der Waals surface area contributed by atoms with E-state index in [1.807, 2.05) is 6.07 Å². The van der Waals surface area contributed by atoms with Gasteiger partial charge < -0.3 is 14.6 Å². The van der Waals surface area contributed by atoms with Gasteiger partial charge in [-0.2, -0.15) is 0 Å². The first-order valence-corrected chi connectivity index (χ1v) is 6.77. The van der Waals surface area contributed by atoms with Gasteiger partial charge in [-0.1, -0.05) is 30.3 Å². The van der Waals surface area contributed by atoms with Crippen molar-refractivity contribution < 1.29 is 14.6 Å². The number of benzene rings is 1. The Hall–Kier alpha value is -0.900. The summed E-state index contributed by atoms with van der Waals surface area (Å²) in [6.45, 7) is 1.50. The van der Waals surface area contributed by atoms with Crippen LogP contribution in [0.15, 0.2) is 30.3 Å². The van der Waals surface area contributed by atoms with Crippen molar-refractivity contribution in [1.82, 2.24) is 0 Å². The van der Waals surface area contributed by atoms with Gasteiger partial charge in [-0.15, -0.1) is 0 Å². The van der Waals surface area contributed by atoms with Crippen LogP contribution in [0.25, 0.3) is 0 Å². The largest absolute Gasteiger partial charge is 0.396 e. The smallest absolute Gasteiger partial charge is 0.178 e. The fourth-order valence-electron chi connectivity index (χ4n) is 3.70. The van der Waals surface area contributed by atoms with Crippen LogP contribution in [-0.2, 0) is 14.9 Å². The van der Waals surface area contributed by atoms with E-state index in [9.17, 15) is 5.11 Å². The molecule has 1 aliphatic carbocycles. The highest BCUT2D eigenvalue weighted by atomic mass is 16.7. The number of hydrogen-bond acceptors (Lipinski definition) is 3. The quantitative estimate of drug-likeness (QED) is 0.891. The molecule has 1 heterocycles. The molecule has 3 rings (SSSR count). The van der Waals surface area contributed by atoms with Gasteiger partial charge in [0, 0.05) is 13.0 Å². The van der Waals surface area contributed by atoms with Gasteiger partial charge in [0.2, 0.25) is 0 Å². The first-order valence-electron chi connectivity index (χ1n) is 6.77. The highest BCUT2D eigenvalue weighted by Gasteiger charge is 2.59. The second-order valence-corrected chi connectivity index (χ2v) is 5.23. The van der Waals surface area contributed by atoms with Crippen LogP contribution in [0.2, 0.25) is 0 Å². The summed E-state index contributed by atoms with van der Waals surface area (Å²) in [4.78, 5) is 0. The highest BCUT2D eigenvalue weighted by molar-refractivity contribution is 5.31. The van der Waals surface area contributed by atoms with Crippen molar-refractivity contribution in [3.05, 3.63) is 35.9 Å². The molecule has 1 aromatic carbocycles. The molecule has 1 unspecified atom stereocenters. The zero-order valence-electron chi connectivity index (χ0n) is 10.6. The lowest BCUT2D eigenvalue weighted by Gasteiger charge is -2.42. The van der Waals surface area contributed by atoms with Crippen LogP contribution in [-0.4, -0.2) is 30.7 Å². The van der Waals surface area contributed by atoms with Crippen LogP contribution in [0, 0.1) is 0 Å². The fourth-order valence-corrected chi connectivity index (χ4v) is 3.70. The zero-order valence-corrected chi connectivity index (χ0v) is 10.6. The fraction of sp³-hybridized carbons (Fsp3) is 0.600. The van der Waals surface area contributed by atoms with Crippen LogP contribution in [0.1, 0.15) is 31.2 Å². The van der Waals surface area contributed by atoms with Crippen molar-refractivity contribution in [3.8, 4) is 0 Å². The number of rotatable bonds is 3. The third-order valence-corrected chi connectivity index (χ3v) is 4.46. The molecule has 18 heavy (non-hydrogen) atoms. The predicted molar refractivity (Wildman–Crippen MR) is 68.3 cm³/mol. The first-order chi connectivity index (χ1) is 8.83. The summed E-state index contributed by atoms with van der Waals surface area (Å²) < 4.78 is 12.0. The van der Waals surface area contributed by atoms with Gasteiger partial charge in [-0.25, -0.2) is 0 Å². The minimum atomic E-state index is -0.503. The van der Waals surface area contributed by atoms with E-state index in [1.54, 1.807) is 0 Å². The number of ether oxygens (including phenoxy) is 2. The number of hydrogen-bond donors (Lipinski definition) is 1. The van der Waals surface area contributed by atoms with Gasteiger partial charge in [-0.3, -0.25) is 0 Å². The van der Waals surface area contributed by atoms with Crippen molar-refractivity contribution in [2.75, 3.05) is 19.8 Å². The lowest BCUT2D eigenvalue weighted by molar-refractivity contribution is -0.197. The van der Waals surface area contributed by atoms with Crippen molar-refractivity contribution in [1.29, 1.82) is 0 Å². The minimum absolute atomic E-state index is 0.170. The van der Waals surface area contributed by atoms with Crippen LogP contribution in [0.4, 0.5) is 0 Å². The summed E-state index contributed by atoms with van der Waals surface area (Å²) in [7, 11) is 0. The van der Waals surface area contributed by atoms with Crippen LogP contribution < -0.4 is 0 Å². The Labute approximate surface area is 108 Å². The summed E-state index contributed by atoms with van der Waals surface area (Å²) in [5.74, 6) is -0.503. The molecule has 1 atom stereocenters. The Balaban J connectivity index is 2.05. The van der Waals surface area contributed by atoms with E-state index >= 15 is 0 Å². The monoisotopic (exact) mass is 248 g/mol. The molecule has 1 spiro atoms. The molecule has 3 heteroatoms. The van der Waals surface area contributed by atoms with Gasteiger partial charge in [0.25, 0.3) is 0 Å². The normalized spacial score (nSPS) is 30.1. The van der Waals surface area contributed by atoms with Gasteiger partial charge >= 0.3 is 0 Å². The third-order valence-electron chi connectivity index (χ3n) is 4.46. The summed E-state index contributed by atoms with van der Waals surface area (Å²) in [6.07, 6.45) is 3.76. The first kappa shape index (κ1) is 12.2. The van der Waals surface area contributed by atoms with E-state index < -0.39 is 5.79 Å². The molecule has 2 aliphatic rings. The van der Waals surface area contributed by atoms with Gasteiger partial charge in [0.1, 0.15) is 0 Å². The summed E-state index contributed by atoms with van der Waals surface area (Å²) in [5.41, 5.74) is 1.05. The molecule has 3 nitrogen and oxygen atoms in total. The van der Waals surface area contributed by atoms with Crippen LogP contribution in [0.5, 0.6) is 0 Å². The summed E-state index contributed by atoms with van der Waals surface area (Å²) >= 11 is 0. The molecule has 0 radical (unpaired) electrons. The van der Waals surface area contributed by atoms with Crippen molar-refractivity contribution in [3.63, 3.8) is 0 Å². The molecule has 1 saturated heterocycles. The van der Waals surface area contributed by atoms with Gasteiger partial charge in [0.15, 0.2) is 5.79 Å². The van der Waals surface area contributed by atoms with E-state index in [4.69, 9.17) is 9.47 Å². The third kappa shape index (κ3) is 1.62. The Bertz CT molecular complexity index is 392. The molecule has 0 bridgehead atoms. The number of aliphatic hydroxyl groups excluding tert-OH is 1. The maximum absolute atomic E-state index is 9.49. The molecule has 1 N–H and O–H groups in total. The van der Waals surface area contributed by atoms with E-state index in [0.717, 1.165) is 19.3 Å². The van der Waals surface area contributed by atoms with Crippen LogP contribution >= 0.6 is 0 Å². The summed E-state index contributed by atoms with van der Waals surface area (Å²) in [5, 5.41) is 9.49. The molecule has 98 valence electrons. The van der Waals surface area contributed by atoms with Gasteiger partial charge in [-0.05, 0) is 24.8 Å². The molecule has 0 aromatic heterocycles. The average Bonchev–Trinajstić information content (AvgIpc) is 3.02. The SMILES string of the molecule is OCCC1(c2ccccc2)CCCC12OCCO2. The zero-order chi connectivity index (χ0) is 12.5. The standard InChI is InChI=1S/C15H20O3/c16-10-9-14(13-5-2-1-3-6-13)7-4-8-15(14)17-11-12-18-15/h1-3,5-6,16H,4,7-12H2. The van der Waals surface area contributed by atoms with Gasteiger partial charge in [0.05, 0.1) is 18.6 Å². The molecule has 1 saturated carbocycles. The number of aliphatic hydroxyl groups is 1. The van der Waals surface area contributed by atoms with Crippen molar-refractivity contribution in [2.24, 2.45) is 0 Å². The maximum Gasteiger partial charge on any atom is 0.178 e. The van der Waals surface area contributed by atoms with E-state index in [0.29, 0.717) is 19.6 Å². The Morgan fingerprint density at radius 1 is 1.06 bits per heavy atom. The molecule has 2 fully saturated rings. The predicted octanol–water partition coefficient (Wildman–Crippen LogP) is 2.23. The molecular weight excluding hydrogens is 228 g/mol.